The number of aryl methyl sites for hydroxylation is 4. The fourth-order valence-electron chi connectivity index (χ4n) is 4.90. The van der Waals surface area contributed by atoms with Crippen molar-refractivity contribution in [3.05, 3.63) is 75.5 Å². The molecular weight excluding hydrogens is 496 g/mol. The monoisotopic (exact) mass is 530 g/mol. The highest BCUT2D eigenvalue weighted by Crippen LogP contribution is 2.29. The number of piperidine rings is 1. The smallest absolute Gasteiger partial charge is 0.408 e. The zero-order valence-corrected chi connectivity index (χ0v) is 23.0. The number of aromatic nitrogens is 3. The van der Waals surface area contributed by atoms with Crippen molar-refractivity contribution in [3.63, 3.8) is 0 Å². The Balaban J connectivity index is 0.000000212. The van der Waals surface area contributed by atoms with Gasteiger partial charge >= 0.3 is 5.76 Å². The molecule has 204 valence electrons. The van der Waals surface area contributed by atoms with Crippen LogP contribution in [0.3, 0.4) is 0 Å². The Kier molecular flexibility index (Phi) is 8.43. The lowest BCUT2D eigenvalue weighted by Gasteiger charge is -2.37. The highest BCUT2D eigenvalue weighted by atomic mass is 16.4. The number of fused-ring (bicyclic) bond motifs is 1. The van der Waals surface area contributed by atoms with E-state index in [1.165, 1.54) is 15.7 Å². The van der Waals surface area contributed by atoms with E-state index in [1.807, 2.05) is 37.2 Å². The first-order chi connectivity index (χ1) is 18.8. The molecular formula is C29H34N6O4. The molecule has 1 aromatic carbocycles. The highest BCUT2D eigenvalue weighted by molar-refractivity contribution is 5.86. The predicted molar refractivity (Wildman–Crippen MR) is 153 cm³/mol. The molecule has 1 aliphatic heterocycles. The fourth-order valence-corrected chi connectivity index (χ4v) is 4.90. The van der Waals surface area contributed by atoms with Gasteiger partial charge in [-0.2, -0.15) is 0 Å². The Labute approximate surface area is 227 Å². The molecule has 0 radical (unpaired) electrons. The topological polar surface area (TPSA) is 114 Å². The second-order valence-corrected chi connectivity index (χ2v) is 9.71. The summed E-state index contributed by atoms with van der Waals surface area (Å²) in [6, 6.07) is 9.41. The van der Waals surface area contributed by atoms with Crippen LogP contribution < -0.4 is 20.9 Å². The van der Waals surface area contributed by atoms with Crippen LogP contribution in [0.2, 0.25) is 0 Å². The van der Waals surface area contributed by atoms with Gasteiger partial charge in [0.05, 0.1) is 11.2 Å². The maximum absolute atomic E-state index is 11.8. The molecule has 5 rings (SSSR count). The summed E-state index contributed by atoms with van der Waals surface area (Å²) in [5, 5.41) is 3.06. The van der Waals surface area contributed by atoms with Crippen molar-refractivity contribution in [2.24, 2.45) is 7.05 Å². The SMILES string of the molecule is CNc1ncccc1N(C=O)C1CCN(c2cc(C)c(C)cn2)CC1.Cc1cc(C=O)cc2oc(=O)n(C)c12. The van der Waals surface area contributed by atoms with Gasteiger partial charge in [0.1, 0.15) is 17.9 Å². The summed E-state index contributed by atoms with van der Waals surface area (Å²) < 4.78 is 6.40. The minimum atomic E-state index is -0.411. The molecule has 1 amide bonds. The van der Waals surface area contributed by atoms with Gasteiger partial charge < -0.3 is 19.5 Å². The lowest BCUT2D eigenvalue weighted by Crippen LogP contribution is -2.45. The molecule has 3 aromatic heterocycles. The van der Waals surface area contributed by atoms with Gasteiger partial charge in [0.2, 0.25) is 6.41 Å². The largest absolute Gasteiger partial charge is 0.419 e. The Morgan fingerprint density at radius 2 is 1.79 bits per heavy atom. The molecule has 0 aliphatic carbocycles. The van der Waals surface area contributed by atoms with E-state index in [-0.39, 0.29) is 6.04 Å². The van der Waals surface area contributed by atoms with Crippen molar-refractivity contribution in [2.75, 3.05) is 35.3 Å². The number of benzene rings is 1. The maximum Gasteiger partial charge on any atom is 0.419 e. The molecule has 0 spiro atoms. The van der Waals surface area contributed by atoms with Crippen LogP contribution in [0.5, 0.6) is 0 Å². The number of carbonyl (C=O) groups excluding carboxylic acids is 2. The Bertz CT molecular complexity index is 1530. The molecule has 0 saturated carbocycles. The normalized spacial score (nSPS) is 13.5. The number of carbonyl (C=O) groups is 2. The minimum absolute atomic E-state index is 0.177. The van der Waals surface area contributed by atoms with E-state index in [2.05, 4.69) is 40.1 Å². The van der Waals surface area contributed by atoms with E-state index >= 15 is 0 Å². The van der Waals surface area contributed by atoms with Gasteiger partial charge in [-0.3, -0.25) is 14.2 Å². The van der Waals surface area contributed by atoms with Gasteiger partial charge in [-0.1, -0.05) is 0 Å². The van der Waals surface area contributed by atoms with Crippen LogP contribution in [0.1, 0.15) is 39.9 Å². The zero-order chi connectivity index (χ0) is 28.1. The van der Waals surface area contributed by atoms with E-state index in [9.17, 15) is 14.4 Å². The maximum atomic E-state index is 11.8. The molecule has 0 unspecified atom stereocenters. The van der Waals surface area contributed by atoms with E-state index < -0.39 is 5.76 Å². The number of aldehydes is 1. The molecule has 10 nitrogen and oxygen atoms in total. The van der Waals surface area contributed by atoms with Gasteiger partial charge in [-0.05, 0) is 80.6 Å². The van der Waals surface area contributed by atoms with E-state index in [1.54, 1.807) is 25.4 Å². The van der Waals surface area contributed by atoms with Crippen LogP contribution in [0.25, 0.3) is 11.1 Å². The standard InChI is InChI=1S/C19H25N5O.C10H9NO3/c1-14-11-18(22-12-15(14)2)23-9-6-16(7-10-23)24(13-25)17-5-4-8-21-19(17)20-3;1-6-3-7(5-12)4-8-9(6)11(2)10(13)14-8/h4-5,8,11-13,16H,6-7,9-10H2,1-3H3,(H,20,21);3-5H,1-2H3. The summed E-state index contributed by atoms with van der Waals surface area (Å²) in [4.78, 5) is 46.5. The van der Waals surface area contributed by atoms with Crippen molar-refractivity contribution in [1.29, 1.82) is 0 Å². The van der Waals surface area contributed by atoms with Crippen LogP contribution in [0.15, 0.2) is 51.9 Å². The number of rotatable bonds is 6. The van der Waals surface area contributed by atoms with Gasteiger partial charge in [-0.25, -0.2) is 14.8 Å². The molecule has 4 heterocycles. The van der Waals surface area contributed by atoms with Crippen LogP contribution in [0.4, 0.5) is 17.3 Å². The number of oxazole rings is 1. The Morgan fingerprint density at radius 1 is 1.05 bits per heavy atom. The fraction of sp³-hybridized carbons (Fsp3) is 0.345. The molecule has 39 heavy (non-hydrogen) atoms. The molecule has 0 atom stereocenters. The second-order valence-electron chi connectivity index (χ2n) is 9.71. The summed E-state index contributed by atoms with van der Waals surface area (Å²) in [5.74, 6) is 1.34. The summed E-state index contributed by atoms with van der Waals surface area (Å²) in [6.45, 7) is 7.81. The van der Waals surface area contributed by atoms with Crippen molar-refractivity contribution in [2.45, 2.75) is 39.7 Å². The van der Waals surface area contributed by atoms with E-state index in [0.29, 0.717) is 11.1 Å². The van der Waals surface area contributed by atoms with Gasteiger partial charge in [-0.15, -0.1) is 0 Å². The number of nitrogens with zero attached hydrogens (tertiary/aromatic N) is 5. The highest BCUT2D eigenvalue weighted by Gasteiger charge is 2.27. The van der Waals surface area contributed by atoms with Gasteiger partial charge in [0.25, 0.3) is 0 Å². The molecule has 1 saturated heterocycles. The lowest BCUT2D eigenvalue weighted by molar-refractivity contribution is -0.108. The molecule has 10 heteroatoms. The van der Waals surface area contributed by atoms with Gasteiger partial charge in [0, 0.05) is 51.2 Å². The van der Waals surface area contributed by atoms with Crippen LogP contribution in [0, 0.1) is 20.8 Å². The first kappa shape index (κ1) is 27.6. The lowest BCUT2D eigenvalue weighted by atomic mass is 10.0. The predicted octanol–water partition coefficient (Wildman–Crippen LogP) is 4.02. The van der Waals surface area contributed by atoms with Crippen molar-refractivity contribution >= 4 is 41.1 Å². The third-order valence-corrected chi connectivity index (χ3v) is 7.19. The summed E-state index contributed by atoms with van der Waals surface area (Å²) >= 11 is 0. The van der Waals surface area contributed by atoms with Crippen LogP contribution in [-0.4, -0.2) is 53.4 Å². The quantitative estimate of drug-likeness (QED) is 0.372. The van der Waals surface area contributed by atoms with E-state index in [0.717, 1.165) is 67.0 Å². The van der Waals surface area contributed by atoms with Gasteiger partial charge in [0.15, 0.2) is 5.58 Å². The number of hydrogen-bond donors (Lipinski definition) is 1. The summed E-state index contributed by atoms with van der Waals surface area (Å²) in [5.41, 5.74) is 5.88. The Hall–Kier alpha value is -4.47. The number of anilines is 3. The Morgan fingerprint density at radius 3 is 2.44 bits per heavy atom. The van der Waals surface area contributed by atoms with Crippen LogP contribution in [-0.2, 0) is 11.8 Å². The third-order valence-electron chi connectivity index (χ3n) is 7.19. The summed E-state index contributed by atoms with van der Waals surface area (Å²) in [7, 11) is 3.46. The third kappa shape index (κ3) is 5.84. The number of hydrogen-bond acceptors (Lipinski definition) is 8. The van der Waals surface area contributed by atoms with Crippen LogP contribution >= 0.6 is 0 Å². The van der Waals surface area contributed by atoms with Crippen molar-refractivity contribution in [3.8, 4) is 0 Å². The van der Waals surface area contributed by atoms with Crippen molar-refractivity contribution in [1.82, 2.24) is 14.5 Å². The second kappa shape index (κ2) is 11.9. The molecule has 1 fully saturated rings. The van der Waals surface area contributed by atoms with E-state index in [4.69, 9.17) is 4.42 Å². The molecule has 0 bridgehead atoms. The first-order valence-corrected chi connectivity index (χ1v) is 12.9. The number of pyridine rings is 2. The molecule has 4 aromatic rings. The zero-order valence-electron chi connectivity index (χ0n) is 23.0. The first-order valence-electron chi connectivity index (χ1n) is 12.9. The average Bonchev–Trinajstić information content (AvgIpc) is 3.24. The average molecular weight is 531 g/mol. The molecule has 1 N–H and O–H groups in total. The number of amides is 1. The summed E-state index contributed by atoms with van der Waals surface area (Å²) in [6.07, 6.45) is 7.14. The van der Waals surface area contributed by atoms with Crippen molar-refractivity contribution < 1.29 is 14.0 Å². The number of nitrogens with one attached hydrogen (secondary N) is 1. The molecule has 1 aliphatic rings. The minimum Gasteiger partial charge on any atom is -0.408 e.